The summed E-state index contributed by atoms with van der Waals surface area (Å²) in [6, 6.07) is 11.9. The van der Waals surface area contributed by atoms with Crippen molar-refractivity contribution in [3.05, 3.63) is 42.6 Å². The van der Waals surface area contributed by atoms with E-state index < -0.39 is 0 Å². The molecular weight excluding hydrogens is 198 g/mol. The summed E-state index contributed by atoms with van der Waals surface area (Å²) in [4.78, 5) is 6.35. The number of pyridine rings is 1. The Morgan fingerprint density at radius 3 is 2.31 bits per heavy atom. The fourth-order valence-electron chi connectivity index (χ4n) is 1.58. The second-order valence-corrected chi connectivity index (χ2v) is 3.88. The van der Waals surface area contributed by atoms with Crippen LogP contribution in [0.4, 0.5) is 11.4 Å². The lowest BCUT2D eigenvalue weighted by atomic mass is 10.1. The summed E-state index contributed by atoms with van der Waals surface area (Å²) in [5.41, 5.74) is 9.64. The zero-order valence-corrected chi connectivity index (χ0v) is 9.51. The summed E-state index contributed by atoms with van der Waals surface area (Å²) in [7, 11) is 4.04. The van der Waals surface area contributed by atoms with Crippen LogP contribution in [0.5, 0.6) is 0 Å². The highest BCUT2D eigenvalue weighted by molar-refractivity contribution is 5.73. The predicted molar refractivity (Wildman–Crippen MR) is 68.4 cm³/mol. The summed E-state index contributed by atoms with van der Waals surface area (Å²) in [6.07, 6.45) is 1.76. The van der Waals surface area contributed by atoms with Gasteiger partial charge in [-0.25, -0.2) is 0 Å². The van der Waals surface area contributed by atoms with Gasteiger partial charge in [0.05, 0.1) is 11.4 Å². The Balaban J connectivity index is 2.39. The Morgan fingerprint density at radius 1 is 1.06 bits per heavy atom. The van der Waals surface area contributed by atoms with Gasteiger partial charge in [-0.3, -0.25) is 4.98 Å². The molecule has 16 heavy (non-hydrogen) atoms. The van der Waals surface area contributed by atoms with E-state index in [0.29, 0.717) is 5.69 Å². The zero-order valence-electron chi connectivity index (χ0n) is 9.51. The summed E-state index contributed by atoms with van der Waals surface area (Å²) < 4.78 is 0. The monoisotopic (exact) mass is 213 g/mol. The Labute approximate surface area is 95.5 Å². The molecule has 1 heterocycles. The summed E-state index contributed by atoms with van der Waals surface area (Å²) >= 11 is 0. The molecule has 0 saturated carbocycles. The van der Waals surface area contributed by atoms with Gasteiger partial charge >= 0.3 is 0 Å². The molecule has 0 spiro atoms. The van der Waals surface area contributed by atoms with Crippen LogP contribution in [0.1, 0.15) is 0 Å². The van der Waals surface area contributed by atoms with Crippen molar-refractivity contribution in [2.45, 2.75) is 0 Å². The van der Waals surface area contributed by atoms with Gasteiger partial charge in [0.2, 0.25) is 0 Å². The van der Waals surface area contributed by atoms with E-state index in [2.05, 4.69) is 22.0 Å². The van der Waals surface area contributed by atoms with E-state index in [1.165, 1.54) is 5.69 Å². The molecular formula is C13H15N3. The second-order valence-electron chi connectivity index (χ2n) is 3.88. The minimum absolute atomic E-state index is 0.708. The smallest absolute Gasteiger partial charge is 0.0931 e. The van der Waals surface area contributed by atoms with E-state index in [1.807, 2.05) is 38.4 Å². The number of anilines is 2. The lowest BCUT2D eigenvalue weighted by molar-refractivity contribution is 1.13. The third-order valence-electron chi connectivity index (χ3n) is 2.50. The van der Waals surface area contributed by atoms with E-state index in [4.69, 9.17) is 5.73 Å². The number of nitrogens with two attached hydrogens (primary N) is 1. The highest BCUT2D eigenvalue weighted by Gasteiger charge is 2.03. The lowest BCUT2D eigenvalue weighted by Crippen LogP contribution is -2.08. The Hall–Kier alpha value is -2.03. The molecule has 2 N–H and O–H groups in total. The maximum Gasteiger partial charge on any atom is 0.0931 e. The van der Waals surface area contributed by atoms with Crippen LogP contribution in [0.15, 0.2) is 42.6 Å². The normalized spacial score (nSPS) is 10.1. The summed E-state index contributed by atoms with van der Waals surface area (Å²) in [5.74, 6) is 0. The van der Waals surface area contributed by atoms with Crippen LogP contribution < -0.4 is 10.6 Å². The van der Waals surface area contributed by atoms with Crippen LogP contribution in [0.25, 0.3) is 11.3 Å². The fourth-order valence-corrected chi connectivity index (χ4v) is 1.58. The van der Waals surface area contributed by atoms with E-state index >= 15 is 0 Å². The van der Waals surface area contributed by atoms with Crippen molar-refractivity contribution >= 4 is 11.4 Å². The number of aromatic nitrogens is 1. The molecule has 0 saturated heterocycles. The van der Waals surface area contributed by atoms with Gasteiger partial charge in [0.1, 0.15) is 0 Å². The van der Waals surface area contributed by atoms with E-state index in [9.17, 15) is 0 Å². The molecule has 0 amide bonds. The first kappa shape index (κ1) is 10.5. The summed E-state index contributed by atoms with van der Waals surface area (Å²) in [6.45, 7) is 0. The Morgan fingerprint density at radius 2 is 1.75 bits per heavy atom. The zero-order chi connectivity index (χ0) is 11.5. The average molecular weight is 213 g/mol. The molecule has 0 bridgehead atoms. The number of hydrogen-bond acceptors (Lipinski definition) is 3. The number of rotatable bonds is 2. The minimum Gasteiger partial charge on any atom is -0.397 e. The van der Waals surface area contributed by atoms with E-state index in [0.717, 1.165) is 11.3 Å². The third-order valence-corrected chi connectivity index (χ3v) is 2.50. The van der Waals surface area contributed by atoms with Crippen LogP contribution in [-0.2, 0) is 0 Å². The van der Waals surface area contributed by atoms with Crippen molar-refractivity contribution in [2.75, 3.05) is 24.7 Å². The molecule has 0 radical (unpaired) electrons. The number of hydrogen-bond donors (Lipinski definition) is 1. The van der Waals surface area contributed by atoms with Crippen LogP contribution in [0.2, 0.25) is 0 Å². The highest BCUT2D eigenvalue weighted by Crippen LogP contribution is 2.24. The predicted octanol–water partition coefficient (Wildman–Crippen LogP) is 2.40. The lowest BCUT2D eigenvalue weighted by Gasteiger charge is -2.12. The van der Waals surface area contributed by atoms with Crippen molar-refractivity contribution in [1.82, 2.24) is 4.98 Å². The van der Waals surface area contributed by atoms with Crippen molar-refractivity contribution in [1.29, 1.82) is 0 Å². The molecule has 0 atom stereocenters. The molecule has 0 fully saturated rings. The topological polar surface area (TPSA) is 42.2 Å². The standard InChI is InChI=1S/C13H15N3/c1-16(2)11-7-5-10(6-8-11)13-12(14)4-3-9-15-13/h3-9H,14H2,1-2H3. The maximum atomic E-state index is 5.88. The maximum absolute atomic E-state index is 5.88. The molecule has 3 nitrogen and oxygen atoms in total. The largest absolute Gasteiger partial charge is 0.397 e. The molecule has 0 unspecified atom stereocenters. The molecule has 2 rings (SSSR count). The van der Waals surface area contributed by atoms with Crippen molar-refractivity contribution in [2.24, 2.45) is 0 Å². The van der Waals surface area contributed by atoms with Crippen LogP contribution in [-0.4, -0.2) is 19.1 Å². The number of benzene rings is 1. The van der Waals surface area contributed by atoms with Gasteiger partial charge in [-0.1, -0.05) is 12.1 Å². The number of nitrogen functional groups attached to an aromatic ring is 1. The first-order valence-electron chi connectivity index (χ1n) is 5.17. The minimum atomic E-state index is 0.708. The molecule has 82 valence electrons. The van der Waals surface area contributed by atoms with Crippen molar-refractivity contribution < 1.29 is 0 Å². The van der Waals surface area contributed by atoms with Gasteiger partial charge in [0.25, 0.3) is 0 Å². The molecule has 0 aliphatic heterocycles. The van der Waals surface area contributed by atoms with Gasteiger partial charge in [0.15, 0.2) is 0 Å². The van der Waals surface area contributed by atoms with Crippen molar-refractivity contribution in [3.63, 3.8) is 0 Å². The molecule has 3 heteroatoms. The highest BCUT2D eigenvalue weighted by atomic mass is 15.1. The SMILES string of the molecule is CN(C)c1ccc(-c2ncccc2N)cc1. The van der Waals surface area contributed by atoms with E-state index in [1.54, 1.807) is 6.20 Å². The van der Waals surface area contributed by atoms with Gasteiger partial charge < -0.3 is 10.6 Å². The van der Waals surface area contributed by atoms with Gasteiger partial charge in [-0.2, -0.15) is 0 Å². The average Bonchev–Trinajstić information content (AvgIpc) is 2.30. The van der Waals surface area contributed by atoms with Crippen LogP contribution >= 0.6 is 0 Å². The molecule has 1 aromatic carbocycles. The molecule has 1 aromatic heterocycles. The van der Waals surface area contributed by atoms with Gasteiger partial charge in [-0.05, 0) is 24.3 Å². The quantitative estimate of drug-likeness (QED) is 0.833. The van der Waals surface area contributed by atoms with Crippen LogP contribution in [0.3, 0.4) is 0 Å². The van der Waals surface area contributed by atoms with Crippen LogP contribution in [0, 0.1) is 0 Å². The van der Waals surface area contributed by atoms with E-state index in [-0.39, 0.29) is 0 Å². The third kappa shape index (κ3) is 1.98. The Kier molecular flexibility index (Phi) is 2.77. The van der Waals surface area contributed by atoms with Gasteiger partial charge in [-0.15, -0.1) is 0 Å². The van der Waals surface area contributed by atoms with Crippen molar-refractivity contribution in [3.8, 4) is 11.3 Å². The Bertz CT molecular complexity index is 475. The number of nitrogens with zero attached hydrogens (tertiary/aromatic N) is 2. The fraction of sp³-hybridized carbons (Fsp3) is 0.154. The molecule has 0 aliphatic carbocycles. The first-order chi connectivity index (χ1) is 7.68. The second kappa shape index (κ2) is 4.23. The first-order valence-corrected chi connectivity index (χ1v) is 5.17. The molecule has 0 aliphatic rings. The van der Waals surface area contributed by atoms with Gasteiger partial charge in [0, 0.05) is 31.5 Å². The molecule has 2 aromatic rings. The summed E-state index contributed by atoms with van der Waals surface area (Å²) in [5, 5.41) is 0.